The maximum atomic E-state index is 12.5. The van der Waals surface area contributed by atoms with Crippen LogP contribution in [0.25, 0.3) is 0 Å². The van der Waals surface area contributed by atoms with Crippen LogP contribution in [-0.4, -0.2) is 36.0 Å². The van der Waals surface area contributed by atoms with Crippen molar-refractivity contribution in [2.24, 2.45) is 0 Å². The van der Waals surface area contributed by atoms with Gasteiger partial charge in [0.1, 0.15) is 11.4 Å². The maximum absolute atomic E-state index is 12.5. The van der Waals surface area contributed by atoms with E-state index in [1.165, 1.54) is 0 Å². The van der Waals surface area contributed by atoms with Crippen LogP contribution >= 0.6 is 11.3 Å². The number of benzene rings is 1. The average Bonchev–Trinajstić information content (AvgIpc) is 3.04. The van der Waals surface area contributed by atoms with E-state index in [1.54, 1.807) is 18.4 Å². The number of nitrogens with zero attached hydrogens (tertiary/aromatic N) is 2. The van der Waals surface area contributed by atoms with Gasteiger partial charge in [0, 0.05) is 24.9 Å². The summed E-state index contributed by atoms with van der Waals surface area (Å²) in [7, 11) is 1.66. The van der Waals surface area contributed by atoms with Crippen molar-refractivity contribution < 1.29 is 9.53 Å². The number of unbranched alkanes of at least 4 members (excludes halogenated alkanes) is 1. The molecule has 4 nitrogen and oxygen atoms in total. The van der Waals surface area contributed by atoms with Crippen molar-refractivity contribution in [3.63, 3.8) is 0 Å². The van der Waals surface area contributed by atoms with Gasteiger partial charge in [0.05, 0.1) is 12.1 Å². The molecule has 1 amide bonds. The van der Waals surface area contributed by atoms with Crippen LogP contribution in [0, 0.1) is 0 Å². The largest absolute Gasteiger partial charge is 0.497 e. The monoisotopic (exact) mass is 332 g/mol. The second kappa shape index (κ2) is 8.67. The van der Waals surface area contributed by atoms with E-state index in [4.69, 9.17) is 4.74 Å². The van der Waals surface area contributed by atoms with Gasteiger partial charge < -0.3 is 9.64 Å². The summed E-state index contributed by atoms with van der Waals surface area (Å²) in [4.78, 5) is 18.9. The highest BCUT2D eigenvalue weighted by Crippen LogP contribution is 2.18. The van der Waals surface area contributed by atoms with Crippen LogP contribution in [0.2, 0.25) is 0 Å². The van der Waals surface area contributed by atoms with Crippen molar-refractivity contribution in [1.29, 1.82) is 0 Å². The molecule has 1 aromatic heterocycles. The lowest BCUT2D eigenvalue weighted by atomic mass is 10.1. The molecule has 0 bridgehead atoms. The van der Waals surface area contributed by atoms with Gasteiger partial charge in [-0.2, -0.15) is 0 Å². The summed E-state index contributed by atoms with van der Waals surface area (Å²) in [6, 6.07) is 7.94. The fraction of sp³-hybridized carbons (Fsp3) is 0.444. The average molecular weight is 332 g/mol. The van der Waals surface area contributed by atoms with Gasteiger partial charge >= 0.3 is 0 Å². The Morgan fingerprint density at radius 3 is 2.61 bits per heavy atom. The van der Waals surface area contributed by atoms with Crippen LogP contribution in [0.5, 0.6) is 5.75 Å². The molecule has 124 valence electrons. The first-order chi connectivity index (χ1) is 11.2. The highest BCUT2D eigenvalue weighted by Gasteiger charge is 2.17. The first-order valence-corrected chi connectivity index (χ1v) is 8.92. The first kappa shape index (κ1) is 17.5. The predicted octanol–water partition coefficient (Wildman–Crippen LogP) is 4.00. The number of rotatable bonds is 8. The molecule has 0 unspecified atom stereocenters. The molecular formula is C18H24N2O2S. The molecule has 23 heavy (non-hydrogen) atoms. The third-order valence-electron chi connectivity index (χ3n) is 3.74. The van der Waals surface area contributed by atoms with Crippen LogP contribution in [0.1, 0.15) is 47.7 Å². The molecule has 0 spiro atoms. The Bertz CT molecular complexity index is 622. The van der Waals surface area contributed by atoms with Crippen molar-refractivity contribution in [2.45, 2.75) is 33.1 Å². The van der Waals surface area contributed by atoms with Gasteiger partial charge in [0.2, 0.25) is 0 Å². The molecule has 0 saturated carbocycles. The van der Waals surface area contributed by atoms with Crippen LogP contribution in [0.4, 0.5) is 0 Å². The molecule has 0 radical (unpaired) electrons. The van der Waals surface area contributed by atoms with E-state index in [1.807, 2.05) is 41.5 Å². The Morgan fingerprint density at radius 2 is 2.00 bits per heavy atom. The number of methoxy groups -OCH3 is 1. The molecule has 0 atom stereocenters. The fourth-order valence-electron chi connectivity index (χ4n) is 2.32. The second-order valence-corrected chi connectivity index (χ2v) is 6.33. The topological polar surface area (TPSA) is 42.4 Å². The van der Waals surface area contributed by atoms with E-state index in [0.29, 0.717) is 5.69 Å². The lowest BCUT2D eigenvalue weighted by molar-refractivity contribution is 0.0757. The van der Waals surface area contributed by atoms with Crippen LogP contribution in [0.3, 0.4) is 0 Å². The van der Waals surface area contributed by atoms with Gasteiger partial charge in [-0.1, -0.05) is 25.5 Å². The molecule has 1 aromatic carbocycles. The summed E-state index contributed by atoms with van der Waals surface area (Å²) in [6.07, 6.45) is 2.86. The summed E-state index contributed by atoms with van der Waals surface area (Å²) in [6.45, 7) is 5.67. The van der Waals surface area contributed by atoms with E-state index >= 15 is 0 Å². The maximum Gasteiger partial charge on any atom is 0.273 e. The van der Waals surface area contributed by atoms with Crippen molar-refractivity contribution in [3.8, 4) is 5.75 Å². The summed E-state index contributed by atoms with van der Waals surface area (Å²) in [5.74, 6) is 0.886. The Kier molecular flexibility index (Phi) is 6.59. The molecule has 5 heteroatoms. The van der Waals surface area contributed by atoms with Crippen molar-refractivity contribution in [3.05, 3.63) is 45.9 Å². The van der Waals surface area contributed by atoms with Crippen molar-refractivity contribution in [2.75, 3.05) is 20.2 Å². The predicted molar refractivity (Wildman–Crippen MR) is 94.4 cm³/mol. The minimum atomic E-state index is 0.0400. The number of amides is 1. The second-order valence-electron chi connectivity index (χ2n) is 5.39. The minimum Gasteiger partial charge on any atom is -0.497 e. The summed E-state index contributed by atoms with van der Waals surface area (Å²) >= 11 is 1.54. The van der Waals surface area contributed by atoms with E-state index in [-0.39, 0.29) is 5.91 Å². The molecular weight excluding hydrogens is 308 g/mol. The van der Waals surface area contributed by atoms with Crippen LogP contribution in [-0.2, 0) is 6.42 Å². The Balaban J connectivity index is 2.02. The standard InChI is InChI=1S/C18H24N2O2S/c1-4-6-11-20(5-2)18(21)16-13-23-17(19-16)12-14-7-9-15(22-3)10-8-14/h7-10,13H,4-6,11-12H2,1-3H3. The number of carbonyl (C=O) groups excluding carboxylic acids is 1. The molecule has 1 heterocycles. The van der Waals surface area contributed by atoms with E-state index < -0.39 is 0 Å². The molecule has 0 aliphatic carbocycles. The molecule has 0 aliphatic rings. The molecule has 0 saturated heterocycles. The van der Waals surface area contributed by atoms with Gasteiger partial charge in [-0.15, -0.1) is 11.3 Å². The summed E-state index contributed by atoms with van der Waals surface area (Å²) in [5, 5.41) is 2.83. The quantitative estimate of drug-likeness (QED) is 0.733. The minimum absolute atomic E-state index is 0.0400. The molecule has 0 N–H and O–H groups in total. The molecule has 0 aliphatic heterocycles. The third kappa shape index (κ3) is 4.79. The fourth-order valence-corrected chi connectivity index (χ4v) is 3.12. The number of aromatic nitrogens is 1. The lowest BCUT2D eigenvalue weighted by Gasteiger charge is -2.19. The van der Waals surface area contributed by atoms with Crippen LogP contribution in [0.15, 0.2) is 29.6 Å². The highest BCUT2D eigenvalue weighted by atomic mass is 32.1. The van der Waals surface area contributed by atoms with Crippen molar-refractivity contribution in [1.82, 2.24) is 9.88 Å². The van der Waals surface area contributed by atoms with E-state index in [2.05, 4.69) is 11.9 Å². The van der Waals surface area contributed by atoms with Crippen LogP contribution < -0.4 is 4.74 Å². The number of hydrogen-bond acceptors (Lipinski definition) is 4. The molecule has 2 aromatic rings. The zero-order valence-electron chi connectivity index (χ0n) is 14.0. The van der Waals surface area contributed by atoms with Crippen molar-refractivity contribution >= 4 is 17.2 Å². The summed E-state index contributed by atoms with van der Waals surface area (Å²) < 4.78 is 5.16. The summed E-state index contributed by atoms with van der Waals surface area (Å²) in [5.41, 5.74) is 1.73. The molecule has 0 fully saturated rings. The number of carbonyl (C=O) groups is 1. The third-order valence-corrected chi connectivity index (χ3v) is 4.58. The van der Waals surface area contributed by atoms with Gasteiger partial charge in [0.25, 0.3) is 5.91 Å². The first-order valence-electron chi connectivity index (χ1n) is 8.04. The Hall–Kier alpha value is -1.88. The number of ether oxygens (including phenoxy) is 1. The smallest absolute Gasteiger partial charge is 0.273 e. The van der Waals surface area contributed by atoms with E-state index in [9.17, 15) is 4.79 Å². The zero-order chi connectivity index (χ0) is 16.7. The van der Waals surface area contributed by atoms with Gasteiger partial charge in [0.15, 0.2) is 0 Å². The zero-order valence-corrected chi connectivity index (χ0v) is 14.9. The van der Waals surface area contributed by atoms with Gasteiger partial charge in [-0.3, -0.25) is 4.79 Å². The molecule has 2 rings (SSSR count). The Labute approximate surface area is 142 Å². The number of thiazole rings is 1. The van der Waals surface area contributed by atoms with Gasteiger partial charge in [-0.25, -0.2) is 4.98 Å². The lowest BCUT2D eigenvalue weighted by Crippen LogP contribution is -2.32. The van der Waals surface area contributed by atoms with Gasteiger partial charge in [-0.05, 0) is 31.0 Å². The number of hydrogen-bond donors (Lipinski definition) is 0. The van der Waals surface area contributed by atoms with E-state index in [0.717, 1.165) is 48.7 Å². The SMILES string of the molecule is CCCCN(CC)C(=O)c1csc(Cc2ccc(OC)cc2)n1. The highest BCUT2D eigenvalue weighted by molar-refractivity contribution is 7.09. The normalized spacial score (nSPS) is 10.6. The Morgan fingerprint density at radius 1 is 1.26 bits per heavy atom.